The molecule has 3 aromatic rings. The van der Waals surface area contributed by atoms with E-state index in [2.05, 4.69) is 4.98 Å². The minimum absolute atomic E-state index is 0.247. The standard InChI is InChI=1S/C14H9NO2S2/c16-14(17)10-8-15-11-5-2-1-4-9(11)13(10)19-12-6-3-7-18-12/h1-8H,(H,16,17). The van der Waals surface area contributed by atoms with E-state index in [-0.39, 0.29) is 5.56 Å². The van der Waals surface area contributed by atoms with Gasteiger partial charge in [-0.3, -0.25) is 4.98 Å². The molecular formula is C14H9NO2S2. The van der Waals surface area contributed by atoms with Crippen molar-refractivity contribution in [3.63, 3.8) is 0 Å². The number of rotatable bonds is 3. The van der Waals surface area contributed by atoms with Crippen LogP contribution in [0.5, 0.6) is 0 Å². The minimum Gasteiger partial charge on any atom is -0.478 e. The summed E-state index contributed by atoms with van der Waals surface area (Å²) in [5.41, 5.74) is 1.06. The van der Waals surface area contributed by atoms with Gasteiger partial charge in [0.1, 0.15) is 0 Å². The molecule has 0 bridgehead atoms. The van der Waals surface area contributed by atoms with Gasteiger partial charge in [-0.15, -0.1) is 11.3 Å². The van der Waals surface area contributed by atoms with E-state index in [1.165, 1.54) is 18.0 Å². The molecule has 19 heavy (non-hydrogen) atoms. The molecule has 5 heteroatoms. The van der Waals surface area contributed by atoms with Gasteiger partial charge >= 0.3 is 5.97 Å². The van der Waals surface area contributed by atoms with Crippen LogP contribution >= 0.6 is 23.1 Å². The highest BCUT2D eigenvalue weighted by atomic mass is 32.2. The number of benzene rings is 1. The summed E-state index contributed by atoms with van der Waals surface area (Å²) in [7, 11) is 0. The molecule has 0 aliphatic rings. The van der Waals surface area contributed by atoms with Gasteiger partial charge in [0, 0.05) is 16.5 Å². The van der Waals surface area contributed by atoms with Gasteiger partial charge in [0.2, 0.25) is 0 Å². The first-order chi connectivity index (χ1) is 9.25. The van der Waals surface area contributed by atoms with Crippen LogP contribution in [-0.2, 0) is 0 Å². The zero-order valence-corrected chi connectivity index (χ0v) is 11.4. The Hall–Kier alpha value is -1.85. The van der Waals surface area contributed by atoms with E-state index in [0.29, 0.717) is 0 Å². The van der Waals surface area contributed by atoms with Gasteiger partial charge in [0.05, 0.1) is 15.3 Å². The highest BCUT2D eigenvalue weighted by Gasteiger charge is 2.15. The SMILES string of the molecule is O=C(O)c1cnc2ccccc2c1Sc1cccs1. The molecule has 1 N–H and O–H groups in total. The summed E-state index contributed by atoms with van der Waals surface area (Å²) in [6.45, 7) is 0. The average Bonchev–Trinajstić information content (AvgIpc) is 2.92. The van der Waals surface area contributed by atoms with E-state index in [9.17, 15) is 9.90 Å². The lowest BCUT2D eigenvalue weighted by molar-refractivity contribution is 0.0693. The van der Waals surface area contributed by atoms with Crippen molar-refractivity contribution in [3.05, 3.63) is 53.5 Å². The highest BCUT2D eigenvalue weighted by molar-refractivity contribution is 8.01. The van der Waals surface area contributed by atoms with E-state index in [4.69, 9.17) is 0 Å². The highest BCUT2D eigenvalue weighted by Crippen LogP contribution is 2.37. The second kappa shape index (κ2) is 5.03. The number of aromatic carboxylic acids is 1. The van der Waals surface area contributed by atoms with Crippen LogP contribution in [0.15, 0.2) is 57.1 Å². The summed E-state index contributed by atoms with van der Waals surface area (Å²) in [6.07, 6.45) is 1.43. The number of aromatic nitrogens is 1. The predicted molar refractivity (Wildman–Crippen MR) is 77.1 cm³/mol. The van der Waals surface area contributed by atoms with Gasteiger partial charge in [0.25, 0.3) is 0 Å². The fraction of sp³-hybridized carbons (Fsp3) is 0. The monoisotopic (exact) mass is 287 g/mol. The number of hydrogen-bond acceptors (Lipinski definition) is 4. The van der Waals surface area contributed by atoms with Gasteiger partial charge in [0.15, 0.2) is 0 Å². The first-order valence-electron chi connectivity index (χ1n) is 5.58. The summed E-state index contributed by atoms with van der Waals surface area (Å²) < 4.78 is 1.07. The maximum atomic E-state index is 11.3. The lowest BCUT2D eigenvalue weighted by Crippen LogP contribution is -2.00. The molecule has 0 fully saturated rings. The molecule has 0 atom stereocenters. The van der Waals surface area contributed by atoms with Gasteiger partial charge in [-0.25, -0.2) is 4.79 Å². The number of carboxylic acid groups (broad SMARTS) is 1. The van der Waals surface area contributed by atoms with E-state index in [1.807, 2.05) is 41.8 Å². The Morgan fingerprint density at radius 3 is 2.79 bits per heavy atom. The van der Waals surface area contributed by atoms with E-state index < -0.39 is 5.97 Å². The normalized spacial score (nSPS) is 10.7. The molecule has 0 aliphatic heterocycles. The zero-order chi connectivity index (χ0) is 13.2. The van der Waals surface area contributed by atoms with Crippen molar-refractivity contribution in [2.75, 3.05) is 0 Å². The molecule has 0 unspecified atom stereocenters. The smallest absolute Gasteiger partial charge is 0.338 e. The maximum absolute atomic E-state index is 11.3. The number of fused-ring (bicyclic) bond motifs is 1. The molecule has 0 aliphatic carbocycles. The minimum atomic E-state index is -0.947. The Morgan fingerprint density at radius 2 is 2.05 bits per heavy atom. The first-order valence-corrected chi connectivity index (χ1v) is 7.28. The van der Waals surface area contributed by atoms with E-state index in [0.717, 1.165) is 20.0 Å². The maximum Gasteiger partial charge on any atom is 0.338 e. The Morgan fingerprint density at radius 1 is 1.21 bits per heavy atom. The Kier molecular flexibility index (Phi) is 3.23. The van der Waals surface area contributed by atoms with Crippen LogP contribution in [0.2, 0.25) is 0 Å². The van der Waals surface area contributed by atoms with Gasteiger partial charge < -0.3 is 5.11 Å². The summed E-state index contributed by atoms with van der Waals surface area (Å²) >= 11 is 3.07. The number of carboxylic acids is 1. The molecule has 3 nitrogen and oxygen atoms in total. The summed E-state index contributed by atoms with van der Waals surface area (Å²) in [6, 6.07) is 11.5. The molecule has 0 saturated carbocycles. The van der Waals surface area contributed by atoms with Gasteiger partial charge in [-0.1, -0.05) is 36.0 Å². The number of hydrogen-bond donors (Lipinski definition) is 1. The van der Waals surface area contributed by atoms with Gasteiger partial charge in [-0.05, 0) is 17.5 Å². The Bertz CT molecular complexity index is 738. The van der Waals surface area contributed by atoms with Crippen molar-refractivity contribution < 1.29 is 9.90 Å². The number of pyridine rings is 1. The predicted octanol–water partition coefficient (Wildman–Crippen LogP) is 4.15. The molecule has 0 saturated heterocycles. The summed E-state index contributed by atoms with van der Waals surface area (Å²) in [4.78, 5) is 16.3. The van der Waals surface area contributed by atoms with Crippen LogP contribution in [0.25, 0.3) is 10.9 Å². The van der Waals surface area contributed by atoms with E-state index >= 15 is 0 Å². The average molecular weight is 287 g/mol. The van der Waals surface area contributed by atoms with Crippen LogP contribution < -0.4 is 0 Å². The molecule has 3 rings (SSSR count). The quantitative estimate of drug-likeness (QED) is 0.786. The third-order valence-corrected chi connectivity index (χ3v) is 4.84. The fourth-order valence-corrected chi connectivity index (χ4v) is 3.74. The van der Waals surface area contributed by atoms with Crippen molar-refractivity contribution in [1.29, 1.82) is 0 Å². The van der Waals surface area contributed by atoms with Crippen LogP contribution in [0.1, 0.15) is 10.4 Å². The third-order valence-electron chi connectivity index (χ3n) is 2.65. The topological polar surface area (TPSA) is 50.2 Å². The van der Waals surface area contributed by atoms with Crippen molar-refractivity contribution >= 4 is 40.0 Å². The molecule has 0 spiro atoms. The second-order valence-electron chi connectivity index (χ2n) is 3.86. The molecule has 2 aromatic heterocycles. The van der Waals surface area contributed by atoms with Crippen molar-refractivity contribution in [2.24, 2.45) is 0 Å². The first kappa shape index (κ1) is 12.2. The molecule has 1 aromatic carbocycles. The number of carbonyl (C=O) groups is 1. The second-order valence-corrected chi connectivity index (χ2v) is 6.12. The van der Waals surface area contributed by atoms with Crippen LogP contribution in [0.3, 0.4) is 0 Å². The van der Waals surface area contributed by atoms with Crippen LogP contribution in [-0.4, -0.2) is 16.1 Å². The molecule has 0 radical (unpaired) electrons. The molecular weight excluding hydrogens is 278 g/mol. The number of para-hydroxylation sites is 1. The van der Waals surface area contributed by atoms with Crippen LogP contribution in [0.4, 0.5) is 0 Å². The lowest BCUT2D eigenvalue weighted by atomic mass is 10.1. The largest absolute Gasteiger partial charge is 0.478 e. The van der Waals surface area contributed by atoms with E-state index in [1.54, 1.807) is 11.3 Å². The summed E-state index contributed by atoms with van der Waals surface area (Å²) in [5.74, 6) is -0.947. The number of nitrogens with zero attached hydrogens (tertiary/aromatic N) is 1. The fourth-order valence-electron chi connectivity index (χ4n) is 1.80. The Balaban J connectivity index is 2.22. The van der Waals surface area contributed by atoms with Crippen LogP contribution in [0, 0.1) is 0 Å². The van der Waals surface area contributed by atoms with Crippen molar-refractivity contribution in [3.8, 4) is 0 Å². The molecule has 2 heterocycles. The van der Waals surface area contributed by atoms with Crippen molar-refractivity contribution in [2.45, 2.75) is 9.10 Å². The zero-order valence-electron chi connectivity index (χ0n) is 9.74. The van der Waals surface area contributed by atoms with Crippen molar-refractivity contribution in [1.82, 2.24) is 4.98 Å². The molecule has 94 valence electrons. The molecule has 0 amide bonds. The van der Waals surface area contributed by atoms with Gasteiger partial charge in [-0.2, -0.15) is 0 Å². The lowest BCUT2D eigenvalue weighted by Gasteiger charge is -2.08. The summed E-state index contributed by atoms with van der Waals surface area (Å²) in [5, 5.41) is 12.2. The number of thiophene rings is 1. The third kappa shape index (κ3) is 2.34. The Labute approximate surface area is 117 Å².